The Morgan fingerprint density at radius 3 is 2.20 bits per heavy atom. The van der Waals surface area contributed by atoms with E-state index in [-0.39, 0.29) is 43.3 Å². The van der Waals surface area contributed by atoms with E-state index in [0.29, 0.717) is 5.56 Å². The number of aromatic carboxylic acids is 1. The summed E-state index contributed by atoms with van der Waals surface area (Å²) in [4.78, 5) is 33.6. The van der Waals surface area contributed by atoms with Crippen molar-refractivity contribution in [3.63, 3.8) is 0 Å². The lowest BCUT2D eigenvalue weighted by Crippen LogP contribution is -2.60. The predicted octanol–water partition coefficient (Wildman–Crippen LogP) is 3.77. The van der Waals surface area contributed by atoms with Crippen molar-refractivity contribution in [2.45, 2.75) is 43.1 Å². The Labute approximate surface area is 248 Å². The highest BCUT2D eigenvalue weighted by atomic mass is 32.2. The van der Waals surface area contributed by atoms with E-state index in [2.05, 4.69) is 20.0 Å². The van der Waals surface area contributed by atoms with Gasteiger partial charge in [-0.1, -0.05) is 31.2 Å². The van der Waals surface area contributed by atoms with Crippen molar-refractivity contribution in [2.75, 3.05) is 24.5 Å². The number of anilines is 1. The molecule has 0 aliphatic carbocycles. The van der Waals surface area contributed by atoms with Gasteiger partial charge in [-0.25, -0.2) is 32.0 Å². The molecule has 3 aromatic rings. The minimum atomic E-state index is -4.98. The second kappa shape index (κ2) is 12.7. The van der Waals surface area contributed by atoms with E-state index >= 15 is 0 Å². The lowest BCUT2D eigenvalue weighted by molar-refractivity contribution is -0.274. The molecule has 44 heavy (non-hydrogen) atoms. The van der Waals surface area contributed by atoms with Crippen molar-refractivity contribution >= 4 is 27.7 Å². The van der Waals surface area contributed by atoms with Crippen molar-refractivity contribution in [3.05, 3.63) is 77.7 Å². The molecule has 1 saturated heterocycles. The number of aromatic nitrogens is 2. The first-order valence-electron chi connectivity index (χ1n) is 13.0. The number of nitrogens with zero attached hydrogens (tertiary/aromatic N) is 4. The van der Waals surface area contributed by atoms with Gasteiger partial charge in [-0.05, 0) is 29.8 Å². The number of benzene rings is 2. The van der Waals surface area contributed by atoms with Gasteiger partial charge in [0.15, 0.2) is 5.69 Å². The number of halogens is 5. The maximum Gasteiger partial charge on any atom is 0.573 e. The van der Waals surface area contributed by atoms with Crippen LogP contribution in [0.3, 0.4) is 0 Å². The molecule has 1 aliphatic rings. The van der Waals surface area contributed by atoms with Crippen molar-refractivity contribution in [1.82, 2.24) is 19.6 Å². The number of amides is 1. The quantitative estimate of drug-likeness (QED) is 0.316. The molecular weight excluding hydrogens is 617 g/mol. The van der Waals surface area contributed by atoms with Gasteiger partial charge in [-0.2, -0.15) is 4.31 Å². The molecule has 1 aliphatic heterocycles. The molecule has 17 heteroatoms. The van der Waals surface area contributed by atoms with Gasteiger partial charge >= 0.3 is 12.3 Å². The molecule has 0 bridgehead atoms. The van der Waals surface area contributed by atoms with Crippen LogP contribution in [0.1, 0.15) is 35.0 Å². The van der Waals surface area contributed by atoms with Crippen LogP contribution in [-0.2, 0) is 27.3 Å². The van der Waals surface area contributed by atoms with E-state index in [1.165, 1.54) is 36.1 Å². The zero-order valence-corrected chi connectivity index (χ0v) is 23.8. The fourth-order valence-electron chi connectivity index (χ4n) is 4.40. The first-order chi connectivity index (χ1) is 20.6. The first-order valence-corrected chi connectivity index (χ1v) is 14.5. The number of ether oxygens (including phenoxy) is 1. The summed E-state index contributed by atoms with van der Waals surface area (Å²) >= 11 is 0. The van der Waals surface area contributed by atoms with Gasteiger partial charge in [0, 0.05) is 38.2 Å². The molecule has 11 nitrogen and oxygen atoms in total. The number of nitrogens with one attached hydrogen (secondary N) is 1. The number of hydrogen-bond donors (Lipinski definition) is 2. The van der Waals surface area contributed by atoms with Gasteiger partial charge in [-0.15, -0.1) is 13.2 Å². The zero-order chi connectivity index (χ0) is 32.3. The Hall–Kier alpha value is -4.38. The molecule has 2 aromatic carbocycles. The number of piperazine rings is 1. The summed E-state index contributed by atoms with van der Waals surface area (Å²) in [5.41, 5.74) is -0.0617. The maximum atomic E-state index is 14.0. The number of hydrogen-bond acceptors (Lipinski definition) is 8. The highest BCUT2D eigenvalue weighted by molar-refractivity contribution is 7.89. The van der Waals surface area contributed by atoms with Crippen LogP contribution < -0.4 is 15.0 Å². The van der Waals surface area contributed by atoms with Crippen LogP contribution in [0.25, 0.3) is 0 Å². The minimum absolute atomic E-state index is 0.00643. The van der Waals surface area contributed by atoms with Gasteiger partial charge in [0.2, 0.25) is 15.9 Å². The van der Waals surface area contributed by atoms with Crippen LogP contribution in [0.4, 0.5) is 27.8 Å². The van der Waals surface area contributed by atoms with E-state index in [9.17, 15) is 40.0 Å². The van der Waals surface area contributed by atoms with Crippen LogP contribution in [0.15, 0.2) is 65.8 Å². The largest absolute Gasteiger partial charge is 0.573 e. The third-order valence-electron chi connectivity index (χ3n) is 6.77. The third-order valence-corrected chi connectivity index (χ3v) is 8.69. The molecule has 0 spiro atoms. The summed E-state index contributed by atoms with van der Waals surface area (Å²) in [6.07, 6.45) is -3.21. The van der Waals surface area contributed by atoms with Crippen molar-refractivity contribution < 1.29 is 49.8 Å². The molecule has 0 unspecified atom stereocenters. The van der Waals surface area contributed by atoms with Crippen molar-refractivity contribution in [3.8, 4) is 5.75 Å². The number of alkyl halides is 5. The van der Waals surface area contributed by atoms with Crippen LogP contribution in [0.5, 0.6) is 5.75 Å². The number of carbonyl (C=O) groups is 2. The summed E-state index contributed by atoms with van der Waals surface area (Å²) in [5, 5.41) is 11.7. The Bertz CT molecular complexity index is 1590. The lowest BCUT2D eigenvalue weighted by Gasteiger charge is -2.40. The molecule has 2 heterocycles. The summed E-state index contributed by atoms with van der Waals surface area (Å²) in [6.45, 7) is 0.718. The van der Waals surface area contributed by atoms with E-state index in [1.54, 1.807) is 0 Å². The monoisotopic (exact) mass is 643 g/mol. The summed E-state index contributed by atoms with van der Waals surface area (Å²) in [6, 6.07) is 7.39. The molecule has 1 aromatic heterocycles. The highest BCUT2D eigenvalue weighted by Gasteiger charge is 2.41. The molecule has 0 radical (unpaired) electrons. The number of carboxylic acid groups (broad SMARTS) is 1. The SMILES string of the molecule is CCC(F)(F)c1ccc(CNC(=O)[C@H]2CN(c3cnc(C(=O)O)cn3)CCN2S(=O)(=O)c2ccc(OC(F)(F)F)cc2)cc1. The summed E-state index contributed by atoms with van der Waals surface area (Å²) in [7, 11) is -4.44. The molecule has 0 saturated carbocycles. The van der Waals surface area contributed by atoms with Gasteiger partial charge in [-0.3, -0.25) is 4.79 Å². The zero-order valence-electron chi connectivity index (χ0n) is 23.0. The first kappa shape index (κ1) is 32.5. The Morgan fingerprint density at radius 2 is 1.66 bits per heavy atom. The van der Waals surface area contributed by atoms with Crippen LogP contribution in [0.2, 0.25) is 0 Å². The van der Waals surface area contributed by atoms with Gasteiger partial charge in [0.1, 0.15) is 17.6 Å². The third kappa shape index (κ3) is 7.57. The molecule has 1 fully saturated rings. The van der Waals surface area contributed by atoms with Gasteiger partial charge < -0.3 is 20.1 Å². The van der Waals surface area contributed by atoms with E-state index < -0.39 is 57.3 Å². The van der Waals surface area contributed by atoms with E-state index in [4.69, 9.17) is 5.11 Å². The fraction of sp³-hybridized carbons (Fsp3) is 0.333. The normalized spacial score (nSPS) is 16.4. The smallest absolute Gasteiger partial charge is 0.476 e. The van der Waals surface area contributed by atoms with Crippen LogP contribution >= 0.6 is 0 Å². The Morgan fingerprint density at radius 1 is 1.00 bits per heavy atom. The predicted molar refractivity (Wildman–Crippen MR) is 144 cm³/mol. The molecule has 1 atom stereocenters. The van der Waals surface area contributed by atoms with Crippen molar-refractivity contribution in [1.29, 1.82) is 0 Å². The van der Waals surface area contributed by atoms with E-state index in [1.807, 2.05) is 0 Å². The van der Waals surface area contributed by atoms with Gasteiger partial charge in [0.25, 0.3) is 5.92 Å². The average molecular weight is 644 g/mol. The number of rotatable bonds is 10. The molecule has 1 amide bonds. The van der Waals surface area contributed by atoms with Gasteiger partial charge in [0.05, 0.1) is 17.3 Å². The second-order valence-electron chi connectivity index (χ2n) is 9.63. The number of sulfonamides is 1. The van der Waals surface area contributed by atoms with Crippen LogP contribution in [-0.4, -0.2) is 71.7 Å². The summed E-state index contributed by atoms with van der Waals surface area (Å²) in [5.74, 6) is -5.55. The standard InChI is InChI=1S/C27H26F5N5O6S/c1-2-26(28,29)18-5-3-17(4-6-18)13-35-24(38)22-16-36(23-15-33-21(14-34-23)25(39)40)11-12-37(22)44(41,42)20-9-7-19(8-10-20)43-27(30,31)32/h3-10,14-15,22H,2,11-13,16H2,1H3,(H,35,38)(H,39,40)/t22-/m1/s1. The summed E-state index contributed by atoms with van der Waals surface area (Å²) < 4.78 is 97.5. The Kier molecular flexibility index (Phi) is 9.39. The highest BCUT2D eigenvalue weighted by Crippen LogP contribution is 2.31. The Balaban J connectivity index is 1.58. The van der Waals surface area contributed by atoms with Crippen LogP contribution in [0, 0.1) is 0 Å². The maximum absolute atomic E-state index is 14.0. The second-order valence-corrected chi connectivity index (χ2v) is 11.5. The molecule has 2 N–H and O–H groups in total. The number of carboxylic acids is 1. The average Bonchev–Trinajstić information content (AvgIpc) is 2.99. The van der Waals surface area contributed by atoms with Crippen molar-refractivity contribution in [2.24, 2.45) is 0 Å². The number of carbonyl (C=O) groups excluding carboxylic acids is 1. The molecule has 4 rings (SSSR count). The molecular formula is C27H26F5N5O6S. The minimum Gasteiger partial charge on any atom is -0.476 e. The lowest BCUT2D eigenvalue weighted by atomic mass is 10.0. The van der Waals surface area contributed by atoms with E-state index in [0.717, 1.165) is 41.0 Å². The fourth-order valence-corrected chi connectivity index (χ4v) is 5.97. The topological polar surface area (TPSA) is 142 Å². The molecule has 236 valence electrons.